The summed E-state index contributed by atoms with van der Waals surface area (Å²) in [4.78, 5) is 0. The Kier molecular flexibility index (Phi) is 9.63. The molecule has 0 aliphatic carbocycles. The van der Waals surface area contributed by atoms with Crippen LogP contribution in [0.4, 0.5) is 0 Å². The van der Waals surface area contributed by atoms with E-state index in [1.54, 1.807) is 0 Å². The third kappa shape index (κ3) is 9.66. The van der Waals surface area contributed by atoms with Crippen molar-refractivity contribution >= 4 is 0 Å². The van der Waals surface area contributed by atoms with Gasteiger partial charge in [0.25, 0.3) is 0 Å². The molecule has 78 valence electrons. The summed E-state index contributed by atoms with van der Waals surface area (Å²) in [5, 5.41) is 0. The lowest BCUT2D eigenvalue weighted by molar-refractivity contribution is 0.467. The molecule has 0 N–H and O–H groups in total. The molecule has 0 radical (unpaired) electrons. The van der Waals surface area contributed by atoms with Crippen LogP contribution >= 0.6 is 0 Å². The van der Waals surface area contributed by atoms with Crippen molar-refractivity contribution in [1.29, 1.82) is 0 Å². The van der Waals surface area contributed by atoms with Gasteiger partial charge < -0.3 is 0 Å². The molecule has 0 aromatic carbocycles. The molecule has 0 saturated heterocycles. The largest absolute Gasteiger partial charge is 0.0888 e. The van der Waals surface area contributed by atoms with Crippen LogP contribution in [0, 0.1) is 5.92 Å². The first-order valence-electron chi connectivity index (χ1n) is 5.96. The smallest absolute Gasteiger partial charge is 0.0348 e. The molecule has 0 amide bonds. The van der Waals surface area contributed by atoms with Crippen molar-refractivity contribution in [1.82, 2.24) is 0 Å². The van der Waals surface area contributed by atoms with E-state index in [0.717, 1.165) is 5.92 Å². The summed E-state index contributed by atoms with van der Waals surface area (Å²) in [6.45, 7) is 6.85. The first-order chi connectivity index (χ1) is 6.31. The molecule has 1 unspecified atom stereocenters. The van der Waals surface area contributed by atoms with Crippen LogP contribution in [0.3, 0.4) is 0 Å². The summed E-state index contributed by atoms with van der Waals surface area (Å²) in [5.74, 6) is 0.924. The van der Waals surface area contributed by atoms with Crippen LogP contribution in [0.1, 0.15) is 65.7 Å². The molecule has 0 rings (SSSR count). The monoisotopic (exact) mass is 182 g/mol. The van der Waals surface area contributed by atoms with Gasteiger partial charge in [-0.25, -0.2) is 0 Å². The summed E-state index contributed by atoms with van der Waals surface area (Å²) in [6, 6.07) is 0. The molecule has 0 bridgehead atoms. The van der Waals surface area contributed by atoms with E-state index < -0.39 is 0 Å². The Balaban J connectivity index is 3.19. The van der Waals surface area contributed by atoms with Crippen LogP contribution in [0.15, 0.2) is 12.2 Å². The molecular formula is C13H26. The van der Waals surface area contributed by atoms with E-state index >= 15 is 0 Å². The maximum atomic E-state index is 2.38. The molecule has 0 aliphatic rings. The van der Waals surface area contributed by atoms with Crippen molar-refractivity contribution in [3.63, 3.8) is 0 Å². The van der Waals surface area contributed by atoms with Crippen molar-refractivity contribution in [2.75, 3.05) is 0 Å². The Morgan fingerprint density at radius 3 is 2.38 bits per heavy atom. The van der Waals surface area contributed by atoms with Crippen LogP contribution in [0.25, 0.3) is 0 Å². The fraction of sp³-hybridized carbons (Fsp3) is 0.846. The summed E-state index contributed by atoms with van der Waals surface area (Å²) < 4.78 is 0. The van der Waals surface area contributed by atoms with Crippen LogP contribution in [-0.4, -0.2) is 0 Å². The van der Waals surface area contributed by atoms with Crippen LogP contribution in [0.5, 0.6) is 0 Å². The minimum absolute atomic E-state index is 0.924. The Hall–Kier alpha value is -0.260. The lowest BCUT2D eigenvalue weighted by atomic mass is 9.98. The maximum absolute atomic E-state index is 2.38. The highest BCUT2D eigenvalue weighted by Crippen LogP contribution is 2.14. The van der Waals surface area contributed by atoms with Gasteiger partial charge in [0.15, 0.2) is 0 Å². The lowest BCUT2D eigenvalue weighted by Gasteiger charge is -2.08. The molecule has 0 heteroatoms. The van der Waals surface area contributed by atoms with Gasteiger partial charge in [0, 0.05) is 0 Å². The van der Waals surface area contributed by atoms with E-state index in [1.165, 1.54) is 44.9 Å². The molecule has 1 atom stereocenters. The van der Waals surface area contributed by atoms with Crippen molar-refractivity contribution in [2.24, 2.45) is 5.92 Å². The van der Waals surface area contributed by atoms with E-state index in [0.29, 0.717) is 0 Å². The van der Waals surface area contributed by atoms with Crippen molar-refractivity contribution in [3.05, 3.63) is 12.2 Å². The number of hydrogen-bond acceptors (Lipinski definition) is 0. The molecule has 0 nitrogen and oxygen atoms in total. The van der Waals surface area contributed by atoms with Gasteiger partial charge >= 0.3 is 0 Å². The van der Waals surface area contributed by atoms with E-state index in [4.69, 9.17) is 0 Å². The normalized spacial score (nSPS) is 13.8. The average molecular weight is 182 g/mol. The molecule has 0 aromatic rings. The van der Waals surface area contributed by atoms with Crippen LogP contribution in [0.2, 0.25) is 0 Å². The van der Waals surface area contributed by atoms with E-state index in [9.17, 15) is 0 Å². The predicted octanol–water partition coefficient (Wildman–Crippen LogP) is 4.95. The van der Waals surface area contributed by atoms with E-state index in [-0.39, 0.29) is 0 Å². The summed E-state index contributed by atoms with van der Waals surface area (Å²) in [5.41, 5.74) is 0. The summed E-state index contributed by atoms with van der Waals surface area (Å²) >= 11 is 0. The van der Waals surface area contributed by atoms with Gasteiger partial charge in [0.1, 0.15) is 0 Å². The average Bonchev–Trinajstić information content (AvgIpc) is 2.13. The van der Waals surface area contributed by atoms with Gasteiger partial charge in [-0.05, 0) is 25.2 Å². The molecular weight excluding hydrogens is 156 g/mol. The Labute approximate surface area is 84.4 Å². The third-order valence-corrected chi connectivity index (χ3v) is 2.53. The van der Waals surface area contributed by atoms with E-state index in [2.05, 4.69) is 32.9 Å². The molecule has 13 heavy (non-hydrogen) atoms. The lowest BCUT2D eigenvalue weighted by Crippen LogP contribution is -1.93. The highest BCUT2D eigenvalue weighted by molar-refractivity contribution is 4.80. The molecule has 0 spiro atoms. The number of rotatable bonds is 8. The minimum Gasteiger partial charge on any atom is -0.0888 e. The molecule has 0 fully saturated rings. The molecule has 0 heterocycles. The van der Waals surface area contributed by atoms with Crippen molar-refractivity contribution in [3.8, 4) is 0 Å². The highest BCUT2D eigenvalue weighted by atomic mass is 14.0. The van der Waals surface area contributed by atoms with Gasteiger partial charge in [-0.15, -0.1) is 0 Å². The van der Waals surface area contributed by atoms with Gasteiger partial charge in [0.2, 0.25) is 0 Å². The molecule has 0 aromatic heterocycles. The zero-order chi connectivity index (χ0) is 9.94. The molecule has 0 aliphatic heterocycles. The topological polar surface area (TPSA) is 0 Å². The first-order valence-corrected chi connectivity index (χ1v) is 5.96. The summed E-state index contributed by atoms with van der Waals surface area (Å²) in [6.07, 6.45) is 14.1. The molecule has 0 saturated carbocycles. The quantitative estimate of drug-likeness (QED) is 0.368. The van der Waals surface area contributed by atoms with Crippen LogP contribution in [-0.2, 0) is 0 Å². The van der Waals surface area contributed by atoms with Gasteiger partial charge in [-0.2, -0.15) is 0 Å². The number of unbranched alkanes of at least 4 members (excludes halogenated alkanes) is 2. The van der Waals surface area contributed by atoms with Crippen LogP contribution < -0.4 is 0 Å². The van der Waals surface area contributed by atoms with Crippen molar-refractivity contribution < 1.29 is 0 Å². The summed E-state index contributed by atoms with van der Waals surface area (Å²) in [7, 11) is 0. The SMILES string of the molecule is CCC=CCCC(C)CCCCC. The Morgan fingerprint density at radius 1 is 1.00 bits per heavy atom. The first kappa shape index (κ1) is 12.7. The second kappa shape index (κ2) is 9.83. The second-order valence-electron chi connectivity index (χ2n) is 4.06. The van der Waals surface area contributed by atoms with Crippen molar-refractivity contribution in [2.45, 2.75) is 65.7 Å². The van der Waals surface area contributed by atoms with Gasteiger partial charge in [-0.3, -0.25) is 0 Å². The number of allylic oxidation sites excluding steroid dienone is 2. The minimum atomic E-state index is 0.924. The zero-order valence-corrected chi connectivity index (χ0v) is 9.68. The van der Waals surface area contributed by atoms with Gasteiger partial charge in [0.05, 0.1) is 0 Å². The van der Waals surface area contributed by atoms with E-state index in [1.807, 2.05) is 0 Å². The fourth-order valence-corrected chi connectivity index (χ4v) is 1.55. The zero-order valence-electron chi connectivity index (χ0n) is 9.68. The number of hydrogen-bond donors (Lipinski definition) is 0. The standard InChI is InChI=1S/C13H26/c1-4-6-8-10-12-13(3)11-9-7-5-2/h6,8,13H,4-5,7,9-12H2,1-3H3. The Bertz CT molecular complexity index is 113. The predicted molar refractivity (Wildman–Crippen MR) is 62.0 cm³/mol. The second-order valence-corrected chi connectivity index (χ2v) is 4.06. The Morgan fingerprint density at radius 2 is 1.77 bits per heavy atom. The maximum Gasteiger partial charge on any atom is -0.0348 e. The third-order valence-electron chi connectivity index (χ3n) is 2.53. The fourth-order valence-electron chi connectivity index (χ4n) is 1.55. The van der Waals surface area contributed by atoms with Gasteiger partial charge in [-0.1, -0.05) is 58.6 Å². The highest BCUT2D eigenvalue weighted by Gasteiger charge is 1.99.